The molecule has 0 aromatic heterocycles. The van der Waals surface area contributed by atoms with Crippen molar-refractivity contribution in [1.82, 2.24) is 10.6 Å². The van der Waals surface area contributed by atoms with Crippen LogP contribution in [0.2, 0.25) is 0 Å². The number of rotatable bonds is 11. The van der Waals surface area contributed by atoms with Gasteiger partial charge in [0.1, 0.15) is 12.1 Å². The molecule has 4 N–H and O–H groups in total. The number of nitrogens with one attached hydrogen (secondary N) is 2. The standard InChI is InChI=1S/C19H24F2N2O6/c1-10(2)8-13(23-18(27)15(24)11-6-4-3-5-7-11)17(26)22-12(9-14(20)21)16(25)19(28)29/h3-7,10,12-15,24H,8-9H2,1-2H3,(H,22,26)(H,23,27)(H,28,29)/t12-,13-,15-/m0/s1. The van der Waals surface area contributed by atoms with E-state index in [0.717, 1.165) is 0 Å². The predicted molar refractivity (Wildman–Crippen MR) is 98.0 cm³/mol. The maximum Gasteiger partial charge on any atom is 0.374 e. The zero-order chi connectivity index (χ0) is 22.1. The number of Topliss-reactive ketones (excluding diaryl/α,β-unsaturated/α-hetero) is 1. The van der Waals surface area contributed by atoms with Gasteiger partial charge in [-0.1, -0.05) is 44.2 Å². The summed E-state index contributed by atoms with van der Waals surface area (Å²) in [5.74, 6) is -5.55. The van der Waals surface area contributed by atoms with Crippen molar-refractivity contribution < 1.29 is 38.2 Å². The van der Waals surface area contributed by atoms with Crippen LogP contribution in [0.5, 0.6) is 0 Å². The van der Waals surface area contributed by atoms with Gasteiger partial charge in [-0.15, -0.1) is 0 Å². The van der Waals surface area contributed by atoms with E-state index < -0.39 is 54.6 Å². The number of benzene rings is 1. The van der Waals surface area contributed by atoms with Crippen molar-refractivity contribution in [2.24, 2.45) is 5.92 Å². The number of carboxylic acid groups (broad SMARTS) is 1. The van der Waals surface area contributed by atoms with Gasteiger partial charge in [-0.25, -0.2) is 13.6 Å². The second kappa shape index (κ2) is 11.2. The van der Waals surface area contributed by atoms with Crippen LogP contribution in [0.15, 0.2) is 30.3 Å². The third-order valence-corrected chi connectivity index (χ3v) is 3.96. The van der Waals surface area contributed by atoms with E-state index in [9.17, 15) is 33.1 Å². The largest absolute Gasteiger partial charge is 0.475 e. The Morgan fingerprint density at radius 2 is 1.48 bits per heavy atom. The van der Waals surface area contributed by atoms with Gasteiger partial charge >= 0.3 is 5.97 Å². The molecule has 0 aliphatic rings. The number of hydrogen-bond acceptors (Lipinski definition) is 5. The lowest BCUT2D eigenvalue weighted by molar-refractivity contribution is -0.151. The number of carbonyl (C=O) groups excluding carboxylic acids is 3. The number of aliphatic hydroxyl groups excluding tert-OH is 1. The number of carbonyl (C=O) groups is 4. The molecule has 0 saturated carbocycles. The van der Waals surface area contributed by atoms with Gasteiger partial charge < -0.3 is 20.8 Å². The highest BCUT2D eigenvalue weighted by Gasteiger charge is 2.33. The van der Waals surface area contributed by atoms with Crippen molar-refractivity contribution in [2.75, 3.05) is 0 Å². The number of amides is 2. The molecule has 0 fully saturated rings. The molecular weight excluding hydrogens is 390 g/mol. The fourth-order valence-corrected chi connectivity index (χ4v) is 2.57. The van der Waals surface area contributed by atoms with Crippen LogP contribution in [-0.4, -0.2) is 52.3 Å². The molecule has 0 aliphatic heterocycles. The highest BCUT2D eigenvalue weighted by molar-refractivity contribution is 6.35. The summed E-state index contributed by atoms with van der Waals surface area (Å²) in [5.41, 5.74) is 0.283. The number of hydrogen-bond donors (Lipinski definition) is 4. The van der Waals surface area contributed by atoms with E-state index in [-0.39, 0.29) is 17.9 Å². The average molecular weight is 414 g/mol. The third-order valence-electron chi connectivity index (χ3n) is 3.96. The maximum atomic E-state index is 12.7. The van der Waals surface area contributed by atoms with Crippen molar-refractivity contribution in [2.45, 2.75) is 51.3 Å². The summed E-state index contributed by atoms with van der Waals surface area (Å²) in [6.07, 6.45) is -5.70. The molecule has 0 radical (unpaired) electrons. The highest BCUT2D eigenvalue weighted by atomic mass is 19.3. The fraction of sp³-hybridized carbons (Fsp3) is 0.474. The number of halogens is 2. The SMILES string of the molecule is CC(C)C[C@H](NC(=O)[C@@H](O)c1ccccc1)C(=O)N[C@@H](CC(F)F)C(=O)C(=O)O. The van der Waals surface area contributed by atoms with Crippen molar-refractivity contribution in [1.29, 1.82) is 0 Å². The van der Waals surface area contributed by atoms with Crippen LogP contribution >= 0.6 is 0 Å². The number of aliphatic carboxylic acids is 1. The van der Waals surface area contributed by atoms with Crippen LogP contribution in [0.3, 0.4) is 0 Å². The molecule has 29 heavy (non-hydrogen) atoms. The van der Waals surface area contributed by atoms with Crippen molar-refractivity contribution in [3.63, 3.8) is 0 Å². The third kappa shape index (κ3) is 7.94. The topological polar surface area (TPSA) is 133 Å². The van der Waals surface area contributed by atoms with Crippen molar-refractivity contribution >= 4 is 23.6 Å². The second-order valence-corrected chi connectivity index (χ2v) is 6.86. The molecular formula is C19H24F2N2O6. The van der Waals surface area contributed by atoms with E-state index in [1.165, 1.54) is 12.1 Å². The van der Waals surface area contributed by atoms with Gasteiger partial charge in [-0.05, 0) is 17.9 Å². The summed E-state index contributed by atoms with van der Waals surface area (Å²) < 4.78 is 25.3. The summed E-state index contributed by atoms with van der Waals surface area (Å²) >= 11 is 0. The predicted octanol–water partition coefficient (Wildman–Crippen LogP) is 1.04. The lowest BCUT2D eigenvalue weighted by Crippen LogP contribution is -2.54. The summed E-state index contributed by atoms with van der Waals surface area (Å²) in [6, 6.07) is 4.71. The van der Waals surface area contributed by atoms with Crippen molar-refractivity contribution in [3.05, 3.63) is 35.9 Å². The van der Waals surface area contributed by atoms with Gasteiger partial charge in [-0.3, -0.25) is 14.4 Å². The van der Waals surface area contributed by atoms with Gasteiger partial charge in [0.05, 0.1) is 0 Å². The maximum absolute atomic E-state index is 12.7. The van der Waals surface area contributed by atoms with Crippen molar-refractivity contribution in [3.8, 4) is 0 Å². The van der Waals surface area contributed by atoms with Gasteiger partial charge in [0.15, 0.2) is 6.10 Å². The molecule has 0 bridgehead atoms. The lowest BCUT2D eigenvalue weighted by atomic mass is 10.0. The second-order valence-electron chi connectivity index (χ2n) is 6.86. The first kappa shape index (κ1) is 24.2. The monoisotopic (exact) mass is 414 g/mol. The van der Waals surface area contributed by atoms with E-state index in [0.29, 0.717) is 0 Å². The smallest absolute Gasteiger partial charge is 0.374 e. The summed E-state index contributed by atoms with van der Waals surface area (Å²) in [4.78, 5) is 47.2. The number of alkyl halides is 2. The zero-order valence-corrected chi connectivity index (χ0v) is 16.0. The Labute approximate surface area is 166 Å². The number of aliphatic hydroxyl groups is 1. The number of carboxylic acids is 1. The Morgan fingerprint density at radius 1 is 0.931 bits per heavy atom. The molecule has 0 unspecified atom stereocenters. The zero-order valence-electron chi connectivity index (χ0n) is 16.0. The van der Waals surface area contributed by atoms with E-state index in [4.69, 9.17) is 5.11 Å². The van der Waals surface area contributed by atoms with E-state index >= 15 is 0 Å². The minimum absolute atomic E-state index is 0.0712. The van der Waals surface area contributed by atoms with Gasteiger partial charge in [0.25, 0.3) is 11.7 Å². The molecule has 0 aliphatic carbocycles. The molecule has 1 aromatic carbocycles. The molecule has 3 atom stereocenters. The molecule has 160 valence electrons. The summed E-state index contributed by atoms with van der Waals surface area (Å²) in [7, 11) is 0. The van der Waals surface area contributed by atoms with E-state index in [1.807, 2.05) is 5.32 Å². The Kier molecular flexibility index (Phi) is 9.33. The van der Waals surface area contributed by atoms with E-state index in [1.54, 1.807) is 32.0 Å². The van der Waals surface area contributed by atoms with Crippen LogP contribution in [0.25, 0.3) is 0 Å². The minimum atomic E-state index is -3.03. The van der Waals surface area contributed by atoms with Crippen LogP contribution in [0, 0.1) is 5.92 Å². The van der Waals surface area contributed by atoms with Crippen LogP contribution < -0.4 is 10.6 Å². The molecule has 0 spiro atoms. The molecule has 8 nitrogen and oxygen atoms in total. The summed E-state index contributed by atoms with van der Waals surface area (Å²) in [5, 5.41) is 23.2. The Hall–Kier alpha value is -2.88. The van der Waals surface area contributed by atoms with Gasteiger partial charge in [-0.2, -0.15) is 0 Å². The minimum Gasteiger partial charge on any atom is -0.475 e. The van der Waals surface area contributed by atoms with Crippen LogP contribution in [-0.2, 0) is 19.2 Å². The normalized spacial score (nSPS) is 14.2. The first-order valence-electron chi connectivity index (χ1n) is 8.92. The Morgan fingerprint density at radius 3 is 1.97 bits per heavy atom. The van der Waals surface area contributed by atoms with Gasteiger partial charge in [0, 0.05) is 6.42 Å². The first-order chi connectivity index (χ1) is 13.5. The Balaban J connectivity index is 2.94. The van der Waals surface area contributed by atoms with E-state index in [2.05, 4.69) is 5.32 Å². The molecule has 0 heterocycles. The first-order valence-corrected chi connectivity index (χ1v) is 8.92. The molecule has 1 rings (SSSR count). The Bertz CT molecular complexity index is 727. The number of ketones is 1. The quantitative estimate of drug-likeness (QED) is 0.400. The summed E-state index contributed by atoms with van der Waals surface area (Å²) in [6.45, 7) is 3.47. The van der Waals surface area contributed by atoms with Gasteiger partial charge in [0.2, 0.25) is 12.3 Å². The highest BCUT2D eigenvalue weighted by Crippen LogP contribution is 2.14. The molecule has 1 aromatic rings. The molecule has 10 heteroatoms. The molecule has 2 amide bonds. The molecule has 0 saturated heterocycles. The van der Waals surface area contributed by atoms with Crippen LogP contribution in [0.1, 0.15) is 38.4 Å². The van der Waals surface area contributed by atoms with Crippen LogP contribution in [0.4, 0.5) is 8.78 Å². The fourth-order valence-electron chi connectivity index (χ4n) is 2.57. The lowest BCUT2D eigenvalue weighted by Gasteiger charge is -2.24. The average Bonchev–Trinajstić information content (AvgIpc) is 2.65.